The van der Waals surface area contributed by atoms with E-state index in [9.17, 15) is 14.8 Å². The molecule has 1 saturated heterocycles. The van der Waals surface area contributed by atoms with Gasteiger partial charge in [-0.2, -0.15) is 0 Å². The highest BCUT2D eigenvalue weighted by Gasteiger charge is 2.21. The summed E-state index contributed by atoms with van der Waals surface area (Å²) in [6.45, 7) is 4.28. The minimum absolute atomic E-state index is 0.0211. The zero-order chi connectivity index (χ0) is 15.5. The van der Waals surface area contributed by atoms with Gasteiger partial charge in [-0.15, -0.1) is 0 Å². The van der Waals surface area contributed by atoms with E-state index < -0.39 is 5.92 Å². The van der Waals surface area contributed by atoms with Crippen molar-refractivity contribution in [2.75, 3.05) is 26.3 Å². The van der Waals surface area contributed by atoms with Crippen LogP contribution in [0.3, 0.4) is 0 Å². The number of unbranched alkanes of at least 4 members (excludes halogenated alkanes) is 2. The third-order valence-electron chi connectivity index (χ3n) is 3.68. The Morgan fingerprint density at radius 2 is 2.33 bits per heavy atom. The minimum Gasteiger partial charge on any atom is -0.381 e. The number of hydroxylamine groups is 2. The Kier molecular flexibility index (Phi) is 8.96. The number of hydrazine groups is 1. The first-order valence-electron chi connectivity index (χ1n) is 7.68. The molecule has 2 amide bonds. The fourth-order valence-corrected chi connectivity index (χ4v) is 2.34. The zero-order valence-electron chi connectivity index (χ0n) is 12.7. The molecule has 7 nitrogen and oxygen atoms in total. The van der Waals surface area contributed by atoms with Crippen LogP contribution in [-0.2, 0) is 14.3 Å². The number of amides is 2. The number of hydrogen-bond acceptors (Lipinski definition) is 5. The van der Waals surface area contributed by atoms with E-state index in [0.717, 1.165) is 38.9 Å². The van der Waals surface area contributed by atoms with Gasteiger partial charge < -0.3 is 4.74 Å². The maximum absolute atomic E-state index is 12.1. The lowest BCUT2D eigenvalue weighted by molar-refractivity contribution is -0.154. The maximum Gasteiger partial charge on any atom is 0.239 e. The van der Waals surface area contributed by atoms with E-state index in [0.29, 0.717) is 30.4 Å². The van der Waals surface area contributed by atoms with Gasteiger partial charge in [0, 0.05) is 13.2 Å². The number of carbonyl (C=O) groups is 2. The molecule has 1 aliphatic rings. The van der Waals surface area contributed by atoms with E-state index in [1.807, 2.05) is 0 Å². The van der Waals surface area contributed by atoms with E-state index in [1.54, 1.807) is 0 Å². The second-order valence-corrected chi connectivity index (χ2v) is 5.52. The quantitative estimate of drug-likeness (QED) is 0.226. The van der Waals surface area contributed by atoms with Crippen LogP contribution < -0.4 is 10.9 Å². The molecule has 7 heteroatoms. The van der Waals surface area contributed by atoms with Crippen molar-refractivity contribution in [2.24, 2.45) is 11.8 Å². The predicted octanol–water partition coefficient (Wildman–Crippen LogP) is 0.688. The Hall–Kier alpha value is -1.18. The van der Waals surface area contributed by atoms with Crippen LogP contribution in [-0.4, -0.2) is 48.9 Å². The largest absolute Gasteiger partial charge is 0.381 e. The molecule has 1 fully saturated rings. The molecule has 1 heterocycles. The SMILES string of the molecule is CCCCC[C@H](CN(O)C=O)C(=O)NNCC1CCOC1. The predicted molar refractivity (Wildman–Crippen MR) is 77.3 cm³/mol. The molecule has 0 spiro atoms. The van der Waals surface area contributed by atoms with Gasteiger partial charge in [-0.1, -0.05) is 26.2 Å². The highest BCUT2D eigenvalue weighted by atomic mass is 16.5. The molecule has 1 rings (SSSR count). The smallest absolute Gasteiger partial charge is 0.239 e. The lowest BCUT2D eigenvalue weighted by Crippen LogP contribution is -2.46. The summed E-state index contributed by atoms with van der Waals surface area (Å²) < 4.78 is 5.26. The second-order valence-electron chi connectivity index (χ2n) is 5.52. The highest BCUT2D eigenvalue weighted by molar-refractivity contribution is 5.78. The Balaban J connectivity index is 2.31. The minimum atomic E-state index is -0.404. The summed E-state index contributed by atoms with van der Waals surface area (Å²) in [5, 5.41) is 9.81. The third-order valence-corrected chi connectivity index (χ3v) is 3.68. The zero-order valence-corrected chi connectivity index (χ0v) is 12.7. The van der Waals surface area contributed by atoms with Gasteiger partial charge in [0.2, 0.25) is 12.3 Å². The topological polar surface area (TPSA) is 90.9 Å². The van der Waals surface area contributed by atoms with Crippen LogP contribution in [0.2, 0.25) is 0 Å². The fourth-order valence-electron chi connectivity index (χ4n) is 2.34. The number of hydrogen-bond donors (Lipinski definition) is 3. The van der Waals surface area contributed by atoms with Crippen molar-refractivity contribution in [3.8, 4) is 0 Å². The fraction of sp³-hybridized carbons (Fsp3) is 0.857. The summed E-state index contributed by atoms with van der Waals surface area (Å²) >= 11 is 0. The van der Waals surface area contributed by atoms with Crippen LogP contribution in [0.25, 0.3) is 0 Å². The lowest BCUT2D eigenvalue weighted by Gasteiger charge is -2.20. The summed E-state index contributed by atoms with van der Waals surface area (Å²) in [7, 11) is 0. The van der Waals surface area contributed by atoms with Gasteiger partial charge in [0.25, 0.3) is 0 Å². The Morgan fingerprint density at radius 3 is 2.95 bits per heavy atom. The van der Waals surface area contributed by atoms with Crippen molar-refractivity contribution in [3.63, 3.8) is 0 Å². The van der Waals surface area contributed by atoms with Crippen molar-refractivity contribution in [3.05, 3.63) is 0 Å². The maximum atomic E-state index is 12.1. The lowest BCUT2D eigenvalue weighted by atomic mass is 10.0. The molecule has 21 heavy (non-hydrogen) atoms. The molecule has 3 N–H and O–H groups in total. The number of carbonyl (C=O) groups excluding carboxylic acids is 2. The van der Waals surface area contributed by atoms with Crippen molar-refractivity contribution in [2.45, 2.75) is 39.0 Å². The number of nitrogens with zero attached hydrogens (tertiary/aromatic N) is 1. The Morgan fingerprint density at radius 1 is 1.52 bits per heavy atom. The van der Waals surface area contributed by atoms with E-state index in [4.69, 9.17) is 4.74 Å². The molecule has 122 valence electrons. The third kappa shape index (κ3) is 7.40. The van der Waals surface area contributed by atoms with Crippen LogP contribution in [0.15, 0.2) is 0 Å². The monoisotopic (exact) mass is 301 g/mol. The molecule has 0 radical (unpaired) electrons. The van der Waals surface area contributed by atoms with Gasteiger partial charge in [-0.05, 0) is 18.8 Å². The van der Waals surface area contributed by atoms with E-state index in [1.165, 1.54) is 0 Å². The number of ether oxygens (including phenoxy) is 1. The van der Waals surface area contributed by atoms with Crippen LogP contribution in [0.1, 0.15) is 39.0 Å². The number of rotatable bonds is 11. The summed E-state index contributed by atoms with van der Waals surface area (Å²) in [5.41, 5.74) is 5.59. The van der Waals surface area contributed by atoms with E-state index >= 15 is 0 Å². The molecule has 0 aromatic heterocycles. The van der Waals surface area contributed by atoms with Gasteiger partial charge >= 0.3 is 0 Å². The second kappa shape index (κ2) is 10.5. The van der Waals surface area contributed by atoms with Crippen molar-refractivity contribution in [1.82, 2.24) is 15.9 Å². The molecular weight excluding hydrogens is 274 g/mol. The van der Waals surface area contributed by atoms with Gasteiger partial charge in [0.1, 0.15) is 0 Å². The average molecular weight is 301 g/mol. The molecule has 0 aliphatic carbocycles. The van der Waals surface area contributed by atoms with Crippen molar-refractivity contribution < 1.29 is 19.5 Å². The Labute approximate surface area is 125 Å². The van der Waals surface area contributed by atoms with Gasteiger partial charge in [0.15, 0.2) is 0 Å². The summed E-state index contributed by atoms with van der Waals surface area (Å²) in [4.78, 5) is 22.6. The van der Waals surface area contributed by atoms with Crippen molar-refractivity contribution in [1.29, 1.82) is 0 Å². The standard InChI is InChI=1S/C14H27N3O4/c1-2-3-4-5-13(9-17(20)11-18)14(19)16-15-8-12-6-7-21-10-12/h11-13,15,20H,2-10H2,1H3,(H,16,19)/t12?,13-/m1/s1. The molecular formula is C14H27N3O4. The summed E-state index contributed by atoms with van der Waals surface area (Å²) in [6, 6.07) is 0. The first-order chi connectivity index (χ1) is 10.2. The molecule has 1 unspecified atom stereocenters. The van der Waals surface area contributed by atoms with E-state index in [2.05, 4.69) is 17.8 Å². The van der Waals surface area contributed by atoms with Crippen LogP contribution in [0.4, 0.5) is 0 Å². The normalized spacial score (nSPS) is 19.2. The number of nitrogens with one attached hydrogen (secondary N) is 2. The van der Waals surface area contributed by atoms with Gasteiger partial charge in [-0.3, -0.25) is 20.2 Å². The van der Waals surface area contributed by atoms with Crippen LogP contribution in [0, 0.1) is 11.8 Å². The Bertz CT molecular complexity index is 309. The molecule has 0 aromatic rings. The average Bonchev–Trinajstić information content (AvgIpc) is 2.99. The van der Waals surface area contributed by atoms with Crippen LogP contribution >= 0.6 is 0 Å². The first-order valence-corrected chi connectivity index (χ1v) is 7.68. The molecule has 0 aromatic carbocycles. The van der Waals surface area contributed by atoms with Gasteiger partial charge in [-0.25, -0.2) is 10.5 Å². The van der Waals surface area contributed by atoms with E-state index in [-0.39, 0.29) is 12.5 Å². The molecule has 2 atom stereocenters. The highest BCUT2D eigenvalue weighted by Crippen LogP contribution is 2.12. The van der Waals surface area contributed by atoms with Crippen LogP contribution in [0.5, 0.6) is 0 Å². The summed E-state index contributed by atoms with van der Waals surface area (Å²) in [6.07, 6.45) is 4.96. The molecule has 1 aliphatic heterocycles. The molecule has 0 bridgehead atoms. The molecule has 0 saturated carbocycles. The van der Waals surface area contributed by atoms with Crippen molar-refractivity contribution >= 4 is 12.3 Å². The van der Waals surface area contributed by atoms with Gasteiger partial charge in [0.05, 0.1) is 19.1 Å². The first kappa shape index (κ1) is 17.9. The summed E-state index contributed by atoms with van der Waals surface area (Å²) in [5.74, 6) is -0.168.